The third kappa shape index (κ3) is 2.67. The van der Waals surface area contributed by atoms with Crippen LogP contribution in [0.4, 0.5) is 0 Å². The molecule has 0 heterocycles. The number of carbonyl (C=O) groups excluding carboxylic acids is 1. The van der Waals surface area contributed by atoms with Crippen molar-refractivity contribution < 1.29 is 14.6 Å². The van der Waals surface area contributed by atoms with E-state index in [1.807, 2.05) is 6.07 Å². The van der Waals surface area contributed by atoms with Gasteiger partial charge in [-0.25, -0.2) is 0 Å². The summed E-state index contributed by atoms with van der Waals surface area (Å²) in [4.78, 5) is 11.5. The second kappa shape index (κ2) is 5.04. The van der Waals surface area contributed by atoms with Gasteiger partial charge in [-0.3, -0.25) is 4.79 Å². The maximum atomic E-state index is 11.5. The fourth-order valence-corrected chi connectivity index (χ4v) is 2.15. The number of hydrogen-bond donors (Lipinski definition) is 1. The van der Waals surface area contributed by atoms with Gasteiger partial charge < -0.3 is 9.84 Å². The lowest BCUT2D eigenvalue weighted by Crippen LogP contribution is -2.08. The van der Waals surface area contributed by atoms with E-state index in [2.05, 4.69) is 6.08 Å². The molecular weight excluding hydrogens is 216 g/mol. The van der Waals surface area contributed by atoms with Gasteiger partial charge in [-0.2, -0.15) is 0 Å². The Morgan fingerprint density at radius 2 is 2.29 bits per heavy atom. The molecule has 0 aliphatic heterocycles. The molecule has 1 aliphatic carbocycles. The molecule has 0 saturated carbocycles. The lowest BCUT2D eigenvalue weighted by atomic mass is 9.89. The van der Waals surface area contributed by atoms with Crippen LogP contribution in [0.1, 0.15) is 30.9 Å². The molecule has 1 N–H and O–H groups in total. The van der Waals surface area contributed by atoms with Crippen molar-refractivity contribution in [3.8, 4) is 5.75 Å². The molecule has 3 heteroatoms. The molecule has 0 atom stereocenters. The van der Waals surface area contributed by atoms with Crippen LogP contribution in [-0.4, -0.2) is 17.7 Å². The van der Waals surface area contributed by atoms with Crippen molar-refractivity contribution in [1.29, 1.82) is 0 Å². The number of ether oxygens (including phenoxy) is 1. The van der Waals surface area contributed by atoms with E-state index < -0.39 is 0 Å². The van der Waals surface area contributed by atoms with Crippen molar-refractivity contribution in [3.63, 3.8) is 0 Å². The van der Waals surface area contributed by atoms with Crippen LogP contribution in [0.2, 0.25) is 0 Å². The number of aromatic hydroxyl groups is 1. The van der Waals surface area contributed by atoms with Gasteiger partial charge in [-0.05, 0) is 48.6 Å². The molecular formula is C14H16O3. The molecule has 0 saturated heterocycles. The van der Waals surface area contributed by atoms with Gasteiger partial charge in [0.05, 0.1) is 13.0 Å². The molecule has 0 aromatic heterocycles. The van der Waals surface area contributed by atoms with Gasteiger partial charge >= 0.3 is 5.97 Å². The predicted octanol–water partition coefficient (Wildman–Crippen LogP) is 2.68. The summed E-state index contributed by atoms with van der Waals surface area (Å²) in [6, 6.07) is 5.30. The predicted molar refractivity (Wildman–Crippen MR) is 65.7 cm³/mol. The van der Waals surface area contributed by atoms with Crippen LogP contribution in [0.25, 0.3) is 5.57 Å². The van der Waals surface area contributed by atoms with Crippen molar-refractivity contribution in [1.82, 2.24) is 0 Å². The van der Waals surface area contributed by atoms with Crippen LogP contribution in [0.5, 0.6) is 5.75 Å². The average molecular weight is 232 g/mol. The first kappa shape index (κ1) is 11.7. The number of aryl methyl sites for hydroxylation is 1. The first-order valence-corrected chi connectivity index (χ1v) is 5.87. The van der Waals surface area contributed by atoms with Crippen LogP contribution in [0, 0.1) is 0 Å². The second-order valence-corrected chi connectivity index (χ2v) is 4.09. The SMILES string of the molecule is CCOC(=O)CC1=CCCc2cc(O)ccc21. The number of benzene rings is 1. The molecule has 90 valence electrons. The number of phenolic OH excluding ortho intramolecular Hbond substituents is 1. The van der Waals surface area contributed by atoms with E-state index in [1.165, 1.54) is 0 Å². The normalized spacial score (nSPS) is 13.8. The zero-order chi connectivity index (χ0) is 12.3. The molecule has 3 nitrogen and oxygen atoms in total. The van der Waals surface area contributed by atoms with Crippen LogP contribution >= 0.6 is 0 Å². The topological polar surface area (TPSA) is 46.5 Å². The summed E-state index contributed by atoms with van der Waals surface area (Å²) in [5, 5.41) is 9.43. The number of fused-ring (bicyclic) bond motifs is 1. The Bertz CT molecular complexity index is 461. The van der Waals surface area contributed by atoms with Crippen LogP contribution in [0.3, 0.4) is 0 Å². The van der Waals surface area contributed by atoms with Gasteiger partial charge in [0.2, 0.25) is 0 Å². The fourth-order valence-electron chi connectivity index (χ4n) is 2.15. The molecule has 17 heavy (non-hydrogen) atoms. The van der Waals surface area contributed by atoms with E-state index in [1.54, 1.807) is 19.1 Å². The van der Waals surface area contributed by atoms with E-state index in [9.17, 15) is 9.90 Å². The average Bonchev–Trinajstić information content (AvgIpc) is 2.29. The molecule has 1 aromatic rings. The van der Waals surface area contributed by atoms with Crippen molar-refractivity contribution in [2.45, 2.75) is 26.2 Å². The molecule has 1 aliphatic rings. The van der Waals surface area contributed by atoms with Crippen LogP contribution in [0.15, 0.2) is 24.3 Å². The van der Waals surface area contributed by atoms with E-state index >= 15 is 0 Å². The minimum absolute atomic E-state index is 0.195. The Kier molecular flexibility index (Phi) is 3.47. The van der Waals surface area contributed by atoms with Crippen molar-refractivity contribution in [2.24, 2.45) is 0 Å². The maximum Gasteiger partial charge on any atom is 0.310 e. The van der Waals surface area contributed by atoms with Gasteiger partial charge in [-0.1, -0.05) is 12.1 Å². The maximum absolute atomic E-state index is 11.5. The summed E-state index contributed by atoms with van der Waals surface area (Å²) in [6.07, 6.45) is 4.21. The van der Waals surface area contributed by atoms with Gasteiger partial charge in [0.1, 0.15) is 5.75 Å². The molecule has 0 radical (unpaired) electrons. The van der Waals surface area contributed by atoms with Crippen molar-refractivity contribution in [3.05, 3.63) is 35.4 Å². The molecule has 0 fully saturated rings. The van der Waals surface area contributed by atoms with Gasteiger partial charge in [0.15, 0.2) is 0 Å². The van der Waals surface area contributed by atoms with Gasteiger partial charge in [0, 0.05) is 0 Å². The first-order chi connectivity index (χ1) is 8.20. The number of allylic oxidation sites excluding steroid dienone is 1. The van der Waals surface area contributed by atoms with E-state index in [4.69, 9.17) is 4.74 Å². The minimum Gasteiger partial charge on any atom is -0.508 e. The number of rotatable bonds is 3. The van der Waals surface area contributed by atoms with E-state index in [0.29, 0.717) is 13.0 Å². The van der Waals surface area contributed by atoms with Crippen molar-refractivity contribution in [2.75, 3.05) is 6.61 Å². The third-order valence-corrected chi connectivity index (χ3v) is 2.88. The monoisotopic (exact) mass is 232 g/mol. The number of carbonyl (C=O) groups is 1. The Balaban J connectivity index is 2.20. The summed E-state index contributed by atoms with van der Waals surface area (Å²) < 4.78 is 4.95. The molecule has 2 rings (SSSR count). The fraction of sp³-hybridized carbons (Fsp3) is 0.357. The lowest BCUT2D eigenvalue weighted by Gasteiger charge is -2.17. The summed E-state index contributed by atoms with van der Waals surface area (Å²) in [5.74, 6) is 0.0841. The zero-order valence-electron chi connectivity index (χ0n) is 9.90. The highest BCUT2D eigenvalue weighted by molar-refractivity contribution is 5.86. The standard InChI is InChI=1S/C14H16O3/c1-2-17-14(16)9-11-5-3-4-10-8-12(15)6-7-13(10)11/h5-8,15H,2-4,9H2,1H3. The Hall–Kier alpha value is -1.77. The summed E-state index contributed by atoms with van der Waals surface area (Å²) in [5.41, 5.74) is 3.17. The van der Waals surface area contributed by atoms with E-state index in [-0.39, 0.29) is 11.7 Å². The lowest BCUT2D eigenvalue weighted by molar-refractivity contribution is -0.141. The molecule has 0 bridgehead atoms. The minimum atomic E-state index is -0.195. The highest BCUT2D eigenvalue weighted by Crippen LogP contribution is 2.31. The summed E-state index contributed by atoms with van der Waals surface area (Å²) >= 11 is 0. The number of hydrogen-bond acceptors (Lipinski definition) is 3. The first-order valence-electron chi connectivity index (χ1n) is 5.87. The van der Waals surface area contributed by atoms with Crippen LogP contribution < -0.4 is 0 Å². The smallest absolute Gasteiger partial charge is 0.310 e. The zero-order valence-corrected chi connectivity index (χ0v) is 9.90. The Labute approximate surface area is 101 Å². The van der Waals surface area contributed by atoms with Gasteiger partial charge in [0.25, 0.3) is 0 Å². The molecule has 0 unspecified atom stereocenters. The number of esters is 1. The Morgan fingerprint density at radius 1 is 1.47 bits per heavy atom. The highest BCUT2D eigenvalue weighted by Gasteiger charge is 2.16. The second-order valence-electron chi connectivity index (χ2n) is 4.09. The molecule has 0 spiro atoms. The highest BCUT2D eigenvalue weighted by atomic mass is 16.5. The summed E-state index contributed by atoms with van der Waals surface area (Å²) in [7, 11) is 0. The number of phenols is 1. The van der Waals surface area contributed by atoms with Crippen molar-refractivity contribution >= 4 is 11.5 Å². The van der Waals surface area contributed by atoms with Crippen LogP contribution in [-0.2, 0) is 16.0 Å². The van der Waals surface area contributed by atoms with Gasteiger partial charge in [-0.15, -0.1) is 0 Å². The third-order valence-electron chi connectivity index (χ3n) is 2.88. The molecule has 0 amide bonds. The van der Waals surface area contributed by atoms with E-state index in [0.717, 1.165) is 29.5 Å². The largest absolute Gasteiger partial charge is 0.508 e. The quantitative estimate of drug-likeness (QED) is 0.815. The Morgan fingerprint density at radius 3 is 3.06 bits per heavy atom. The molecule has 1 aromatic carbocycles. The summed E-state index contributed by atoms with van der Waals surface area (Å²) in [6.45, 7) is 2.22.